The maximum atomic E-state index is 12.3. The first-order valence-electron chi connectivity index (χ1n) is 7.93. The number of carbonyl (C=O) groups is 2. The summed E-state index contributed by atoms with van der Waals surface area (Å²) >= 11 is 0. The number of nitrogens with one attached hydrogen (secondary N) is 1. The third-order valence-corrected chi connectivity index (χ3v) is 2.45. The molecule has 1 atom stereocenters. The molecule has 0 radical (unpaired) electrons. The number of hydrogen-bond acceptors (Lipinski definition) is 3. The molecular weight excluding hydrogens is 242 g/mol. The summed E-state index contributed by atoms with van der Waals surface area (Å²) in [7, 11) is 1.09. The van der Waals surface area contributed by atoms with Crippen LogP contribution in [0.5, 0.6) is 0 Å². The van der Waals surface area contributed by atoms with Crippen LogP contribution in [0.25, 0.3) is 0 Å². The molecule has 1 N–H and O–H groups in total. The summed E-state index contributed by atoms with van der Waals surface area (Å²) in [6, 6.07) is 6.50. The van der Waals surface area contributed by atoms with Gasteiger partial charge in [-0.15, -0.1) is 0 Å². The van der Waals surface area contributed by atoms with Gasteiger partial charge in [0.05, 0.1) is 18.0 Å². The fraction of sp³-hybridized carbons (Fsp3) is 0.467. The van der Waals surface area contributed by atoms with E-state index in [2.05, 4.69) is 10.1 Å². The average molecular weight is 267 g/mol. The lowest BCUT2D eigenvalue weighted by atomic mass is 10.0. The molecule has 4 nitrogen and oxygen atoms in total. The average Bonchev–Trinajstić information content (AvgIpc) is 2.44. The molecule has 0 aliphatic rings. The van der Waals surface area contributed by atoms with Gasteiger partial charge in [0.2, 0.25) is 5.91 Å². The van der Waals surface area contributed by atoms with Gasteiger partial charge in [-0.1, -0.05) is 29.8 Å². The summed E-state index contributed by atoms with van der Waals surface area (Å²) < 4.78 is 36.1. The Hall–Kier alpha value is -1.68. The minimum atomic E-state index is -2.38. The molecule has 0 spiro atoms. The van der Waals surface area contributed by atoms with E-state index in [-0.39, 0.29) is 17.8 Å². The second-order valence-electron chi connectivity index (χ2n) is 4.26. The van der Waals surface area contributed by atoms with Crippen LogP contribution in [-0.2, 0) is 20.8 Å². The Kier molecular flexibility index (Phi) is 4.11. The van der Waals surface area contributed by atoms with E-state index in [1.54, 1.807) is 24.3 Å². The molecule has 1 rings (SSSR count). The number of amides is 1. The monoisotopic (exact) mass is 267 g/mol. The van der Waals surface area contributed by atoms with Crippen LogP contribution >= 0.6 is 0 Å². The molecular formula is C15H21NO3. The third kappa shape index (κ3) is 5.66. The van der Waals surface area contributed by atoms with Crippen molar-refractivity contribution in [1.29, 1.82) is 0 Å². The van der Waals surface area contributed by atoms with Crippen LogP contribution in [0.4, 0.5) is 0 Å². The highest BCUT2D eigenvalue weighted by molar-refractivity contribution is 5.85. The topological polar surface area (TPSA) is 55.4 Å². The summed E-state index contributed by atoms with van der Waals surface area (Å²) in [4.78, 5) is 23.6. The summed E-state index contributed by atoms with van der Waals surface area (Å²) in [5.41, 5.74) is 1.18. The largest absolute Gasteiger partial charge is 0.384 e. The molecule has 0 bridgehead atoms. The second kappa shape index (κ2) is 7.69. The van der Waals surface area contributed by atoms with Crippen molar-refractivity contribution in [3.63, 3.8) is 0 Å². The molecule has 4 heteroatoms. The number of carbonyl (C=O) groups excluding carboxylic acids is 2. The maximum Gasteiger partial charge on any atom is 0.226 e. The SMILES string of the molecule is [2H]C([2H])(NC(=O)C(CC(C)=O)C([2H])([2H])OC)c1ccc(C)cc1. The van der Waals surface area contributed by atoms with Crippen molar-refractivity contribution in [2.45, 2.75) is 26.8 Å². The summed E-state index contributed by atoms with van der Waals surface area (Å²) in [5, 5.41) is 2.16. The Balaban J connectivity index is 3.00. The highest BCUT2D eigenvalue weighted by Crippen LogP contribution is 2.07. The van der Waals surface area contributed by atoms with E-state index in [9.17, 15) is 9.59 Å². The van der Waals surface area contributed by atoms with Crippen LogP contribution in [0, 0.1) is 12.8 Å². The third-order valence-electron chi connectivity index (χ3n) is 2.45. The quantitative estimate of drug-likeness (QED) is 0.820. The van der Waals surface area contributed by atoms with Crippen molar-refractivity contribution in [1.82, 2.24) is 5.32 Å². The Morgan fingerprint density at radius 2 is 2.00 bits per heavy atom. The molecule has 19 heavy (non-hydrogen) atoms. The standard InChI is InChI=1S/C15H21NO3/c1-11-4-6-13(7-5-11)9-16-15(18)14(10-19-3)8-12(2)17/h4-7,14H,8-10H2,1-3H3,(H,16,18)/i9D2,10D2. The molecule has 0 aliphatic heterocycles. The van der Waals surface area contributed by atoms with E-state index < -0.39 is 24.9 Å². The Labute approximate surface area is 119 Å². The van der Waals surface area contributed by atoms with Gasteiger partial charge in [-0.05, 0) is 19.4 Å². The minimum Gasteiger partial charge on any atom is -0.384 e. The first-order valence-corrected chi connectivity index (χ1v) is 5.93. The van der Waals surface area contributed by atoms with Crippen molar-refractivity contribution in [2.24, 2.45) is 5.92 Å². The Morgan fingerprint density at radius 3 is 2.53 bits per heavy atom. The Morgan fingerprint density at radius 1 is 1.37 bits per heavy atom. The molecule has 1 unspecified atom stereocenters. The molecule has 104 valence electrons. The van der Waals surface area contributed by atoms with Gasteiger partial charge in [0.1, 0.15) is 5.78 Å². The van der Waals surface area contributed by atoms with Gasteiger partial charge in [-0.3, -0.25) is 4.79 Å². The number of hydrogen-bond donors (Lipinski definition) is 1. The van der Waals surface area contributed by atoms with Crippen LogP contribution in [0.3, 0.4) is 0 Å². The number of methoxy groups -OCH3 is 1. The van der Waals surface area contributed by atoms with Crippen LogP contribution in [0.15, 0.2) is 24.3 Å². The normalized spacial score (nSPS) is 16.6. The maximum absolute atomic E-state index is 12.3. The van der Waals surface area contributed by atoms with Gasteiger partial charge in [-0.2, -0.15) is 0 Å². The van der Waals surface area contributed by atoms with Gasteiger partial charge in [-0.25, -0.2) is 0 Å². The first kappa shape index (κ1) is 10.1. The van der Waals surface area contributed by atoms with E-state index >= 15 is 0 Å². The number of benzene rings is 1. The minimum absolute atomic E-state index is 0.232. The van der Waals surface area contributed by atoms with Crippen molar-refractivity contribution < 1.29 is 19.8 Å². The zero-order chi connectivity index (χ0) is 17.8. The van der Waals surface area contributed by atoms with Crippen molar-refractivity contribution in [3.05, 3.63) is 35.4 Å². The molecule has 1 aromatic rings. The van der Waals surface area contributed by atoms with Crippen molar-refractivity contribution in [2.75, 3.05) is 13.7 Å². The highest BCUT2D eigenvalue weighted by Gasteiger charge is 2.19. The fourth-order valence-corrected chi connectivity index (χ4v) is 1.48. The van der Waals surface area contributed by atoms with Crippen LogP contribution in [0.1, 0.15) is 30.0 Å². The highest BCUT2D eigenvalue weighted by atomic mass is 16.5. The van der Waals surface area contributed by atoms with E-state index in [1.165, 1.54) is 6.92 Å². The van der Waals surface area contributed by atoms with E-state index in [1.807, 2.05) is 6.92 Å². The molecule has 0 saturated carbocycles. The lowest BCUT2D eigenvalue weighted by Gasteiger charge is -2.14. The Bertz CT molecular complexity index is 573. The summed E-state index contributed by atoms with van der Waals surface area (Å²) in [6.45, 7) is -1.47. The molecule has 1 amide bonds. The second-order valence-corrected chi connectivity index (χ2v) is 4.26. The van der Waals surface area contributed by atoms with Gasteiger partial charge >= 0.3 is 0 Å². The summed E-state index contributed by atoms with van der Waals surface area (Å²) in [5.74, 6) is -2.75. The summed E-state index contributed by atoms with van der Waals surface area (Å²) in [6.07, 6.45) is -0.378. The van der Waals surface area contributed by atoms with E-state index in [0.29, 0.717) is 0 Å². The molecule has 0 aliphatic carbocycles. The number of aryl methyl sites for hydroxylation is 1. The number of Topliss-reactive ketones (excluding diaryl/α,β-unsaturated/α-hetero) is 1. The predicted octanol–water partition coefficient (Wildman–Crippen LogP) is 1.85. The first-order chi connectivity index (χ1) is 10.5. The van der Waals surface area contributed by atoms with Crippen LogP contribution in [-0.4, -0.2) is 25.4 Å². The van der Waals surface area contributed by atoms with E-state index in [4.69, 9.17) is 5.48 Å². The fourth-order valence-electron chi connectivity index (χ4n) is 1.48. The zero-order valence-electron chi connectivity index (χ0n) is 15.3. The van der Waals surface area contributed by atoms with Gasteiger partial charge in [0, 0.05) is 20.0 Å². The molecule has 0 aromatic heterocycles. The van der Waals surface area contributed by atoms with Crippen LogP contribution in [0.2, 0.25) is 0 Å². The van der Waals surface area contributed by atoms with Crippen molar-refractivity contribution in [3.8, 4) is 0 Å². The van der Waals surface area contributed by atoms with Gasteiger partial charge in [0.15, 0.2) is 0 Å². The van der Waals surface area contributed by atoms with E-state index in [0.717, 1.165) is 12.7 Å². The lowest BCUT2D eigenvalue weighted by Crippen LogP contribution is -2.33. The smallest absolute Gasteiger partial charge is 0.226 e. The van der Waals surface area contributed by atoms with Gasteiger partial charge < -0.3 is 14.8 Å². The molecule has 0 heterocycles. The number of rotatable bonds is 7. The lowest BCUT2D eigenvalue weighted by molar-refractivity contribution is -0.130. The van der Waals surface area contributed by atoms with Gasteiger partial charge in [0.25, 0.3) is 0 Å². The number of ketones is 1. The van der Waals surface area contributed by atoms with Crippen LogP contribution < -0.4 is 5.32 Å². The molecule has 0 saturated heterocycles. The number of ether oxygens (including phenoxy) is 1. The van der Waals surface area contributed by atoms with Crippen molar-refractivity contribution >= 4 is 11.7 Å². The molecule has 1 aromatic carbocycles. The zero-order valence-corrected chi connectivity index (χ0v) is 11.3. The molecule has 0 fully saturated rings. The predicted molar refractivity (Wildman–Crippen MR) is 73.7 cm³/mol.